The van der Waals surface area contributed by atoms with Crippen LogP contribution in [-0.4, -0.2) is 30.9 Å². The minimum Gasteiger partial charge on any atom is -0.454 e. The molecule has 0 radical (unpaired) electrons. The molecule has 2 amide bonds. The maximum atomic E-state index is 12.5. The van der Waals surface area contributed by atoms with Gasteiger partial charge in [-0.1, -0.05) is 19.1 Å². The van der Waals surface area contributed by atoms with Gasteiger partial charge in [-0.3, -0.25) is 14.4 Å². The third kappa shape index (κ3) is 6.95. The van der Waals surface area contributed by atoms with Gasteiger partial charge in [-0.05, 0) is 48.4 Å². The summed E-state index contributed by atoms with van der Waals surface area (Å²) in [6.45, 7) is 0.908. The summed E-state index contributed by atoms with van der Waals surface area (Å²) in [5, 5.41) is 4.80. The topological polar surface area (TPSA) is 84.5 Å². The molecule has 2 rings (SSSR count). The summed E-state index contributed by atoms with van der Waals surface area (Å²) in [4.78, 5) is 35.3. The minimum absolute atomic E-state index is 0.0423. The maximum Gasteiger partial charge on any atom is 0.416 e. The molecule has 0 aliphatic heterocycles. The average molecular weight is 408 g/mol. The summed E-state index contributed by atoms with van der Waals surface area (Å²) in [6.07, 6.45) is -3.70. The normalized spacial score (nSPS) is 10.9. The van der Waals surface area contributed by atoms with Crippen molar-refractivity contribution in [2.24, 2.45) is 0 Å². The first kappa shape index (κ1) is 21.9. The first-order valence-electron chi connectivity index (χ1n) is 8.69. The van der Waals surface area contributed by atoms with Crippen LogP contribution in [0.5, 0.6) is 0 Å². The third-order valence-corrected chi connectivity index (χ3v) is 3.85. The molecule has 0 spiro atoms. The van der Waals surface area contributed by atoms with Crippen LogP contribution in [0.3, 0.4) is 0 Å². The number of benzene rings is 2. The van der Waals surface area contributed by atoms with Crippen molar-refractivity contribution in [1.82, 2.24) is 5.32 Å². The SMILES string of the molecule is CCc1cccc(NC(=O)COC(=O)CNC(=O)c2ccc(C(F)(F)F)cc2)c1. The van der Waals surface area contributed by atoms with Gasteiger partial charge in [0.1, 0.15) is 6.54 Å². The summed E-state index contributed by atoms with van der Waals surface area (Å²) >= 11 is 0. The number of anilines is 1. The van der Waals surface area contributed by atoms with Gasteiger partial charge in [0.05, 0.1) is 5.56 Å². The van der Waals surface area contributed by atoms with E-state index in [1.807, 2.05) is 13.0 Å². The Morgan fingerprint density at radius 1 is 1.03 bits per heavy atom. The first-order valence-corrected chi connectivity index (χ1v) is 8.69. The highest BCUT2D eigenvalue weighted by molar-refractivity contribution is 5.96. The fraction of sp³-hybridized carbons (Fsp3) is 0.250. The number of alkyl halides is 3. The fourth-order valence-corrected chi connectivity index (χ4v) is 2.33. The summed E-state index contributed by atoms with van der Waals surface area (Å²) in [7, 11) is 0. The van der Waals surface area contributed by atoms with Crippen LogP contribution in [0.15, 0.2) is 48.5 Å². The van der Waals surface area contributed by atoms with Crippen molar-refractivity contribution in [3.05, 3.63) is 65.2 Å². The summed E-state index contributed by atoms with van der Waals surface area (Å²) in [5.41, 5.74) is 0.676. The maximum absolute atomic E-state index is 12.5. The molecule has 9 heteroatoms. The number of amides is 2. The predicted molar refractivity (Wildman–Crippen MR) is 99.2 cm³/mol. The van der Waals surface area contributed by atoms with Crippen molar-refractivity contribution in [2.45, 2.75) is 19.5 Å². The van der Waals surface area contributed by atoms with Crippen LogP contribution in [0.4, 0.5) is 18.9 Å². The highest BCUT2D eigenvalue weighted by atomic mass is 19.4. The largest absolute Gasteiger partial charge is 0.454 e. The van der Waals surface area contributed by atoms with Crippen LogP contribution in [0.2, 0.25) is 0 Å². The highest BCUT2D eigenvalue weighted by Crippen LogP contribution is 2.29. The van der Waals surface area contributed by atoms with Crippen molar-refractivity contribution >= 4 is 23.5 Å². The van der Waals surface area contributed by atoms with Gasteiger partial charge >= 0.3 is 12.1 Å². The number of carbonyl (C=O) groups excluding carboxylic acids is 3. The number of rotatable bonds is 7. The van der Waals surface area contributed by atoms with E-state index in [4.69, 9.17) is 4.74 Å². The van der Waals surface area contributed by atoms with E-state index in [-0.39, 0.29) is 5.56 Å². The molecule has 0 aliphatic rings. The molecule has 0 atom stereocenters. The van der Waals surface area contributed by atoms with Crippen molar-refractivity contribution in [3.8, 4) is 0 Å². The molecule has 0 unspecified atom stereocenters. The summed E-state index contributed by atoms with van der Waals surface area (Å²) in [6, 6.07) is 10.7. The summed E-state index contributed by atoms with van der Waals surface area (Å²) < 4.78 is 42.3. The highest BCUT2D eigenvalue weighted by Gasteiger charge is 2.30. The van der Waals surface area contributed by atoms with E-state index in [0.29, 0.717) is 5.69 Å². The van der Waals surface area contributed by atoms with Gasteiger partial charge in [0, 0.05) is 11.3 Å². The molecule has 0 saturated heterocycles. The lowest BCUT2D eigenvalue weighted by Gasteiger charge is -2.09. The lowest BCUT2D eigenvalue weighted by atomic mass is 10.1. The second-order valence-corrected chi connectivity index (χ2v) is 6.02. The van der Waals surface area contributed by atoms with Gasteiger partial charge < -0.3 is 15.4 Å². The monoisotopic (exact) mass is 408 g/mol. The Hall–Kier alpha value is -3.36. The zero-order valence-electron chi connectivity index (χ0n) is 15.5. The lowest BCUT2D eigenvalue weighted by Crippen LogP contribution is -2.32. The Kier molecular flexibility index (Phi) is 7.35. The van der Waals surface area contributed by atoms with Gasteiger partial charge in [-0.2, -0.15) is 13.2 Å². The van der Waals surface area contributed by atoms with Gasteiger partial charge in [-0.15, -0.1) is 0 Å². The second kappa shape index (κ2) is 9.72. The van der Waals surface area contributed by atoms with E-state index >= 15 is 0 Å². The van der Waals surface area contributed by atoms with E-state index in [2.05, 4.69) is 10.6 Å². The first-order chi connectivity index (χ1) is 13.7. The van der Waals surface area contributed by atoms with E-state index in [0.717, 1.165) is 36.2 Å². The van der Waals surface area contributed by atoms with Gasteiger partial charge in [0.2, 0.25) is 0 Å². The number of carbonyl (C=O) groups is 3. The molecular weight excluding hydrogens is 389 g/mol. The van der Waals surface area contributed by atoms with Crippen LogP contribution in [-0.2, 0) is 26.9 Å². The van der Waals surface area contributed by atoms with E-state index in [9.17, 15) is 27.6 Å². The molecule has 2 aromatic carbocycles. The third-order valence-electron chi connectivity index (χ3n) is 3.85. The van der Waals surface area contributed by atoms with Crippen LogP contribution in [0, 0.1) is 0 Å². The van der Waals surface area contributed by atoms with Crippen LogP contribution in [0.1, 0.15) is 28.4 Å². The average Bonchev–Trinajstić information content (AvgIpc) is 2.70. The van der Waals surface area contributed by atoms with Crippen molar-refractivity contribution in [3.63, 3.8) is 0 Å². The number of esters is 1. The second-order valence-electron chi connectivity index (χ2n) is 6.02. The molecule has 0 aliphatic carbocycles. The molecule has 0 saturated carbocycles. The Morgan fingerprint density at radius 2 is 1.72 bits per heavy atom. The molecular formula is C20H19F3N2O4. The zero-order valence-corrected chi connectivity index (χ0v) is 15.5. The van der Waals surface area contributed by atoms with Gasteiger partial charge in [0.15, 0.2) is 6.61 Å². The lowest BCUT2D eigenvalue weighted by molar-refractivity contribution is -0.146. The smallest absolute Gasteiger partial charge is 0.416 e. The minimum atomic E-state index is -4.50. The molecule has 29 heavy (non-hydrogen) atoms. The van der Waals surface area contributed by atoms with E-state index in [1.54, 1.807) is 18.2 Å². The van der Waals surface area contributed by atoms with E-state index in [1.165, 1.54) is 0 Å². The molecule has 0 aromatic heterocycles. The van der Waals surface area contributed by atoms with Gasteiger partial charge in [-0.25, -0.2) is 0 Å². The molecule has 6 nitrogen and oxygen atoms in total. The molecule has 154 valence electrons. The number of halogens is 3. The predicted octanol–water partition coefficient (Wildman–Crippen LogP) is 3.18. The number of hydrogen-bond donors (Lipinski definition) is 2. The van der Waals surface area contributed by atoms with Crippen LogP contribution in [0.25, 0.3) is 0 Å². The molecule has 0 heterocycles. The Morgan fingerprint density at radius 3 is 2.34 bits per heavy atom. The van der Waals surface area contributed by atoms with Crippen molar-refractivity contribution in [2.75, 3.05) is 18.5 Å². The fourth-order valence-electron chi connectivity index (χ4n) is 2.33. The molecule has 2 aromatic rings. The van der Waals surface area contributed by atoms with Crippen molar-refractivity contribution in [1.29, 1.82) is 0 Å². The van der Waals surface area contributed by atoms with Crippen molar-refractivity contribution < 1.29 is 32.3 Å². The van der Waals surface area contributed by atoms with Gasteiger partial charge in [0.25, 0.3) is 11.8 Å². The Balaban J connectivity index is 1.76. The summed E-state index contributed by atoms with van der Waals surface area (Å²) in [5.74, 6) is -2.14. The standard InChI is InChI=1S/C20H19F3N2O4/c1-2-13-4-3-5-16(10-13)25-17(26)12-29-18(27)11-24-19(28)14-6-8-15(9-7-14)20(21,22)23/h3-10H,2,11-12H2,1H3,(H,24,28)(H,25,26). The Bertz CT molecular complexity index is 880. The quantitative estimate of drug-likeness (QED) is 0.690. The zero-order chi connectivity index (χ0) is 21.4. The number of aryl methyl sites for hydroxylation is 1. The van der Waals surface area contributed by atoms with Crippen LogP contribution >= 0.6 is 0 Å². The number of nitrogens with one attached hydrogen (secondary N) is 2. The Labute approximate surface area is 165 Å². The molecule has 0 fully saturated rings. The number of ether oxygens (including phenoxy) is 1. The van der Waals surface area contributed by atoms with E-state index < -0.39 is 42.7 Å². The van der Waals surface area contributed by atoms with Crippen LogP contribution < -0.4 is 10.6 Å². The molecule has 0 bridgehead atoms. The molecule has 2 N–H and O–H groups in total. The number of hydrogen-bond acceptors (Lipinski definition) is 4.